The average molecular weight is 302 g/mol. The van der Waals surface area contributed by atoms with E-state index in [1.807, 2.05) is 0 Å². The number of amides is 1. The van der Waals surface area contributed by atoms with Gasteiger partial charge in [0.2, 0.25) is 0 Å². The lowest BCUT2D eigenvalue weighted by molar-refractivity contribution is -0.149. The van der Waals surface area contributed by atoms with Crippen molar-refractivity contribution in [1.82, 2.24) is 5.16 Å². The van der Waals surface area contributed by atoms with Gasteiger partial charge in [0.15, 0.2) is 6.10 Å². The lowest BCUT2D eigenvalue weighted by Crippen LogP contribution is -2.38. The van der Waals surface area contributed by atoms with E-state index in [2.05, 4.69) is 10.5 Å². The van der Waals surface area contributed by atoms with Gasteiger partial charge in [-0.15, -0.1) is 0 Å². The molecule has 7 heteroatoms. The lowest BCUT2D eigenvalue weighted by Gasteiger charge is -2.25. The molecule has 1 aliphatic heterocycles. The third kappa shape index (κ3) is 3.08. The van der Waals surface area contributed by atoms with Crippen LogP contribution in [-0.4, -0.2) is 23.1 Å². The van der Waals surface area contributed by atoms with Crippen LogP contribution < -0.4 is 10.1 Å². The van der Waals surface area contributed by atoms with Crippen LogP contribution in [0.3, 0.4) is 0 Å². The van der Waals surface area contributed by atoms with Crippen LogP contribution in [0.2, 0.25) is 0 Å². The summed E-state index contributed by atoms with van der Waals surface area (Å²) in [6.45, 7) is 1.75. The van der Waals surface area contributed by atoms with E-state index in [1.165, 1.54) is 0 Å². The number of carbonyl (C=O) groups excluding carboxylic acids is 2. The Hall–Kier alpha value is -2.83. The van der Waals surface area contributed by atoms with Crippen molar-refractivity contribution < 1.29 is 23.6 Å². The average Bonchev–Trinajstić information content (AvgIpc) is 2.91. The number of nitrogens with one attached hydrogen (secondary N) is 1. The van der Waals surface area contributed by atoms with Crippen LogP contribution in [0.4, 0.5) is 5.69 Å². The van der Waals surface area contributed by atoms with Crippen molar-refractivity contribution in [2.24, 2.45) is 0 Å². The molecule has 0 radical (unpaired) electrons. The highest BCUT2D eigenvalue weighted by Gasteiger charge is 2.30. The van der Waals surface area contributed by atoms with E-state index in [0.717, 1.165) is 0 Å². The van der Waals surface area contributed by atoms with Crippen molar-refractivity contribution in [2.45, 2.75) is 26.1 Å². The van der Waals surface area contributed by atoms with E-state index in [4.69, 9.17) is 14.0 Å². The maximum atomic E-state index is 11.9. The highest BCUT2D eigenvalue weighted by Crippen LogP contribution is 2.29. The van der Waals surface area contributed by atoms with Crippen LogP contribution in [0.25, 0.3) is 0 Å². The Morgan fingerprint density at radius 2 is 2.23 bits per heavy atom. The Morgan fingerprint density at radius 3 is 3.00 bits per heavy atom. The third-order valence-corrected chi connectivity index (χ3v) is 3.12. The smallest absolute Gasteiger partial charge is 0.310 e. The molecule has 1 amide bonds. The Morgan fingerprint density at radius 1 is 1.41 bits per heavy atom. The second-order valence-corrected chi connectivity index (χ2v) is 4.89. The summed E-state index contributed by atoms with van der Waals surface area (Å²) in [5.74, 6) is 0.262. The summed E-state index contributed by atoms with van der Waals surface area (Å²) in [4.78, 5) is 23.7. The van der Waals surface area contributed by atoms with Gasteiger partial charge in [-0.3, -0.25) is 9.59 Å². The van der Waals surface area contributed by atoms with Gasteiger partial charge in [0.1, 0.15) is 23.8 Å². The Bertz CT molecular complexity index is 709. The molecule has 7 nitrogen and oxygen atoms in total. The zero-order valence-corrected chi connectivity index (χ0v) is 11.9. The molecule has 114 valence electrons. The van der Waals surface area contributed by atoms with Crippen molar-refractivity contribution in [3.05, 3.63) is 41.8 Å². The van der Waals surface area contributed by atoms with Crippen molar-refractivity contribution in [2.75, 3.05) is 5.32 Å². The molecule has 1 aliphatic rings. The van der Waals surface area contributed by atoms with E-state index in [9.17, 15) is 9.59 Å². The molecule has 0 fully saturated rings. The molecule has 1 aromatic heterocycles. The summed E-state index contributed by atoms with van der Waals surface area (Å²) in [5, 5.41) is 6.41. The second kappa shape index (κ2) is 5.88. The number of esters is 1. The first-order valence-corrected chi connectivity index (χ1v) is 6.76. The number of hydrogen-bond donors (Lipinski definition) is 1. The van der Waals surface area contributed by atoms with Gasteiger partial charge >= 0.3 is 5.97 Å². The molecule has 0 unspecified atom stereocenters. The van der Waals surface area contributed by atoms with Crippen LogP contribution in [0.1, 0.15) is 17.9 Å². The first-order valence-electron chi connectivity index (χ1n) is 6.76. The highest BCUT2D eigenvalue weighted by atomic mass is 16.5. The lowest BCUT2D eigenvalue weighted by atomic mass is 10.1. The SMILES string of the molecule is Cc1cc(COC(=O)C[C@@H]2Oc3ccccc3NC2=O)no1. The molecule has 1 N–H and O–H groups in total. The van der Waals surface area contributed by atoms with Gasteiger partial charge in [0.05, 0.1) is 12.1 Å². The zero-order valence-electron chi connectivity index (χ0n) is 11.9. The number of aryl methyl sites for hydroxylation is 1. The minimum Gasteiger partial charge on any atom is -0.478 e. The molecule has 2 aromatic rings. The number of anilines is 1. The standard InChI is InChI=1S/C15H14N2O5/c1-9-6-10(17-22-9)8-20-14(18)7-13-15(19)16-11-4-2-3-5-12(11)21-13/h2-6,13H,7-8H2,1H3,(H,16,19)/t13-/m0/s1. The van der Waals surface area contributed by atoms with Gasteiger partial charge in [-0.25, -0.2) is 0 Å². The van der Waals surface area contributed by atoms with Crippen molar-refractivity contribution in [3.8, 4) is 5.75 Å². The number of para-hydroxylation sites is 2. The van der Waals surface area contributed by atoms with Crippen LogP contribution in [-0.2, 0) is 20.9 Å². The van der Waals surface area contributed by atoms with Crippen molar-refractivity contribution in [1.29, 1.82) is 0 Å². The van der Waals surface area contributed by atoms with Crippen LogP contribution in [0, 0.1) is 6.92 Å². The second-order valence-electron chi connectivity index (χ2n) is 4.89. The summed E-state index contributed by atoms with van der Waals surface area (Å²) in [6, 6.07) is 8.71. The molecule has 1 atom stereocenters. The summed E-state index contributed by atoms with van der Waals surface area (Å²) in [5.41, 5.74) is 1.11. The number of hydrogen-bond acceptors (Lipinski definition) is 6. The summed E-state index contributed by atoms with van der Waals surface area (Å²) >= 11 is 0. The number of ether oxygens (including phenoxy) is 2. The number of nitrogens with zero attached hydrogens (tertiary/aromatic N) is 1. The molecule has 2 heterocycles. The molecule has 22 heavy (non-hydrogen) atoms. The monoisotopic (exact) mass is 302 g/mol. The molecule has 0 saturated carbocycles. The minimum absolute atomic E-state index is 0.00109. The zero-order chi connectivity index (χ0) is 15.5. The summed E-state index contributed by atoms with van der Waals surface area (Å²) < 4.78 is 15.5. The number of aromatic nitrogens is 1. The van der Waals surface area contributed by atoms with E-state index in [-0.39, 0.29) is 18.9 Å². The van der Waals surface area contributed by atoms with E-state index in [0.29, 0.717) is 22.9 Å². The van der Waals surface area contributed by atoms with Gasteiger partial charge in [-0.05, 0) is 19.1 Å². The maximum Gasteiger partial charge on any atom is 0.310 e. The normalized spacial score (nSPS) is 16.4. The van der Waals surface area contributed by atoms with Crippen LogP contribution in [0.15, 0.2) is 34.9 Å². The Labute approximate surface area is 126 Å². The fourth-order valence-corrected chi connectivity index (χ4v) is 2.08. The third-order valence-electron chi connectivity index (χ3n) is 3.12. The maximum absolute atomic E-state index is 11.9. The predicted octanol–water partition coefficient (Wildman–Crippen LogP) is 1.82. The first kappa shape index (κ1) is 14.1. The van der Waals surface area contributed by atoms with Gasteiger partial charge in [0.25, 0.3) is 5.91 Å². The van der Waals surface area contributed by atoms with E-state index in [1.54, 1.807) is 37.3 Å². The van der Waals surface area contributed by atoms with Gasteiger partial charge < -0.3 is 19.3 Å². The predicted molar refractivity (Wildman–Crippen MR) is 75.1 cm³/mol. The molecule has 0 spiro atoms. The fourth-order valence-electron chi connectivity index (χ4n) is 2.08. The topological polar surface area (TPSA) is 90.7 Å². The van der Waals surface area contributed by atoms with Crippen LogP contribution >= 0.6 is 0 Å². The van der Waals surface area contributed by atoms with Crippen molar-refractivity contribution >= 4 is 17.6 Å². The van der Waals surface area contributed by atoms with Gasteiger partial charge in [-0.1, -0.05) is 17.3 Å². The number of benzene rings is 1. The van der Waals surface area contributed by atoms with E-state index >= 15 is 0 Å². The molecular weight excluding hydrogens is 288 g/mol. The van der Waals surface area contributed by atoms with Crippen LogP contribution in [0.5, 0.6) is 5.75 Å². The highest BCUT2D eigenvalue weighted by molar-refractivity contribution is 5.99. The van der Waals surface area contributed by atoms with Crippen molar-refractivity contribution in [3.63, 3.8) is 0 Å². The van der Waals surface area contributed by atoms with E-state index < -0.39 is 12.1 Å². The molecule has 1 aromatic carbocycles. The molecule has 0 aliphatic carbocycles. The largest absolute Gasteiger partial charge is 0.478 e. The summed E-state index contributed by atoms with van der Waals surface area (Å²) in [6.07, 6.45) is -1.07. The molecular formula is C15H14N2O5. The fraction of sp³-hybridized carbons (Fsp3) is 0.267. The van der Waals surface area contributed by atoms with Gasteiger partial charge in [0, 0.05) is 6.07 Å². The first-order chi connectivity index (χ1) is 10.6. The number of carbonyl (C=O) groups is 2. The Kier molecular flexibility index (Phi) is 3.78. The number of fused-ring (bicyclic) bond motifs is 1. The van der Waals surface area contributed by atoms with Gasteiger partial charge in [-0.2, -0.15) is 0 Å². The Balaban J connectivity index is 1.56. The number of rotatable bonds is 4. The molecule has 0 bridgehead atoms. The molecule has 3 rings (SSSR count). The minimum atomic E-state index is -0.901. The quantitative estimate of drug-likeness (QED) is 0.866. The molecule has 0 saturated heterocycles. The summed E-state index contributed by atoms with van der Waals surface area (Å²) in [7, 11) is 0.